The molecule has 1 aromatic carbocycles. The van der Waals surface area contributed by atoms with E-state index in [2.05, 4.69) is 12.2 Å². The number of ether oxygens (including phenoxy) is 1. The van der Waals surface area contributed by atoms with Gasteiger partial charge in [0, 0.05) is 19.2 Å². The highest BCUT2D eigenvalue weighted by Gasteiger charge is 2.31. The fourth-order valence-electron chi connectivity index (χ4n) is 3.11. The molecule has 98 valence electrons. The molecule has 0 aromatic heterocycles. The monoisotopic (exact) mass is 249 g/mol. The maximum atomic E-state index is 13.1. The first-order valence-electron chi connectivity index (χ1n) is 6.82. The first-order valence-corrected chi connectivity index (χ1v) is 6.82. The summed E-state index contributed by atoms with van der Waals surface area (Å²) < 4.78 is 18.9. The molecule has 2 unspecified atom stereocenters. The van der Waals surface area contributed by atoms with Crippen LogP contribution in [0.3, 0.4) is 0 Å². The highest BCUT2D eigenvalue weighted by atomic mass is 19.1. The van der Waals surface area contributed by atoms with Crippen LogP contribution in [0, 0.1) is 5.82 Å². The standard InChI is InChI=1S/C15H20FNO/c1-15(7-2-8-18-15)10-17-14-6-3-11-9-12(16)4-5-13(11)14/h4-5,9,14,17H,2-3,6-8,10H2,1H3. The van der Waals surface area contributed by atoms with Gasteiger partial charge in [-0.2, -0.15) is 0 Å². The number of halogens is 1. The Morgan fingerprint density at radius 3 is 3.17 bits per heavy atom. The molecule has 1 fully saturated rings. The summed E-state index contributed by atoms with van der Waals surface area (Å²) >= 11 is 0. The summed E-state index contributed by atoms with van der Waals surface area (Å²) in [5.74, 6) is -0.125. The van der Waals surface area contributed by atoms with Gasteiger partial charge in [0.05, 0.1) is 5.60 Å². The van der Waals surface area contributed by atoms with Crippen molar-refractivity contribution in [1.29, 1.82) is 0 Å². The molecule has 18 heavy (non-hydrogen) atoms. The second kappa shape index (κ2) is 4.63. The molecule has 1 aliphatic heterocycles. The van der Waals surface area contributed by atoms with Gasteiger partial charge in [0.25, 0.3) is 0 Å². The lowest BCUT2D eigenvalue weighted by Crippen LogP contribution is -2.38. The van der Waals surface area contributed by atoms with E-state index in [1.165, 1.54) is 5.56 Å². The molecule has 0 bridgehead atoms. The summed E-state index contributed by atoms with van der Waals surface area (Å²) in [6, 6.07) is 5.52. The third kappa shape index (κ3) is 2.29. The quantitative estimate of drug-likeness (QED) is 0.889. The van der Waals surface area contributed by atoms with Crippen molar-refractivity contribution in [2.24, 2.45) is 0 Å². The van der Waals surface area contributed by atoms with Crippen LogP contribution in [-0.2, 0) is 11.2 Å². The summed E-state index contributed by atoms with van der Waals surface area (Å²) in [6.07, 6.45) is 4.32. The van der Waals surface area contributed by atoms with Crippen molar-refractivity contribution in [2.75, 3.05) is 13.2 Å². The van der Waals surface area contributed by atoms with Crippen LogP contribution in [0.4, 0.5) is 4.39 Å². The van der Waals surface area contributed by atoms with Crippen LogP contribution >= 0.6 is 0 Å². The number of rotatable bonds is 3. The van der Waals surface area contributed by atoms with Gasteiger partial charge in [-0.3, -0.25) is 0 Å². The topological polar surface area (TPSA) is 21.3 Å². The zero-order chi connectivity index (χ0) is 12.6. The lowest BCUT2D eigenvalue weighted by molar-refractivity contribution is 0.0187. The van der Waals surface area contributed by atoms with Crippen molar-refractivity contribution < 1.29 is 9.13 Å². The van der Waals surface area contributed by atoms with Gasteiger partial charge in [0.1, 0.15) is 5.82 Å². The zero-order valence-electron chi connectivity index (χ0n) is 10.8. The minimum Gasteiger partial charge on any atom is -0.374 e. The van der Waals surface area contributed by atoms with Gasteiger partial charge in [-0.25, -0.2) is 4.39 Å². The Balaban J connectivity index is 1.66. The molecule has 3 rings (SSSR count). The predicted octanol–water partition coefficient (Wildman–Crippen LogP) is 2.97. The van der Waals surface area contributed by atoms with Crippen LogP contribution in [0.1, 0.15) is 43.4 Å². The van der Waals surface area contributed by atoms with Crippen molar-refractivity contribution in [3.05, 3.63) is 35.1 Å². The molecule has 0 saturated carbocycles. The number of nitrogens with one attached hydrogen (secondary N) is 1. The van der Waals surface area contributed by atoms with E-state index >= 15 is 0 Å². The third-order valence-corrected chi connectivity index (χ3v) is 4.21. The minimum atomic E-state index is -0.125. The van der Waals surface area contributed by atoms with Gasteiger partial charge < -0.3 is 10.1 Å². The molecule has 0 spiro atoms. The highest BCUT2D eigenvalue weighted by molar-refractivity contribution is 5.35. The van der Waals surface area contributed by atoms with Gasteiger partial charge in [-0.15, -0.1) is 0 Å². The van der Waals surface area contributed by atoms with E-state index in [-0.39, 0.29) is 11.4 Å². The molecule has 1 N–H and O–H groups in total. The molecular weight excluding hydrogens is 229 g/mol. The van der Waals surface area contributed by atoms with E-state index in [0.717, 1.165) is 44.4 Å². The fourth-order valence-corrected chi connectivity index (χ4v) is 3.11. The lowest BCUT2D eigenvalue weighted by atomic mass is 10.0. The Bertz CT molecular complexity index is 440. The molecule has 0 amide bonds. The molecule has 1 saturated heterocycles. The van der Waals surface area contributed by atoms with E-state index in [4.69, 9.17) is 4.74 Å². The molecule has 3 heteroatoms. The lowest BCUT2D eigenvalue weighted by Gasteiger charge is -2.26. The number of benzene rings is 1. The summed E-state index contributed by atoms with van der Waals surface area (Å²) in [7, 11) is 0. The first kappa shape index (κ1) is 12.1. The fraction of sp³-hybridized carbons (Fsp3) is 0.600. The van der Waals surface area contributed by atoms with Crippen LogP contribution in [0.25, 0.3) is 0 Å². The van der Waals surface area contributed by atoms with E-state index in [1.54, 1.807) is 12.1 Å². The minimum absolute atomic E-state index is 0.0111. The molecule has 1 heterocycles. The van der Waals surface area contributed by atoms with Crippen LogP contribution in [-0.4, -0.2) is 18.8 Å². The molecule has 1 aromatic rings. The Morgan fingerprint density at radius 1 is 1.50 bits per heavy atom. The van der Waals surface area contributed by atoms with Crippen molar-refractivity contribution in [3.8, 4) is 0 Å². The van der Waals surface area contributed by atoms with Gasteiger partial charge >= 0.3 is 0 Å². The van der Waals surface area contributed by atoms with Gasteiger partial charge in [-0.1, -0.05) is 6.07 Å². The van der Waals surface area contributed by atoms with Gasteiger partial charge in [0.15, 0.2) is 0 Å². The smallest absolute Gasteiger partial charge is 0.123 e. The van der Waals surface area contributed by atoms with E-state index < -0.39 is 0 Å². The SMILES string of the molecule is CC1(CNC2CCc3cc(F)ccc32)CCCO1. The van der Waals surface area contributed by atoms with E-state index in [1.807, 2.05) is 6.07 Å². The number of fused-ring (bicyclic) bond motifs is 1. The average Bonchev–Trinajstić information content (AvgIpc) is 2.93. The maximum Gasteiger partial charge on any atom is 0.123 e. The van der Waals surface area contributed by atoms with E-state index in [0.29, 0.717) is 6.04 Å². The zero-order valence-corrected chi connectivity index (χ0v) is 10.8. The van der Waals surface area contributed by atoms with Crippen LogP contribution in [0.5, 0.6) is 0 Å². The molecule has 2 atom stereocenters. The second-order valence-corrected chi connectivity index (χ2v) is 5.72. The Hall–Kier alpha value is -0.930. The van der Waals surface area contributed by atoms with Crippen molar-refractivity contribution in [3.63, 3.8) is 0 Å². The van der Waals surface area contributed by atoms with Crippen LogP contribution in [0.15, 0.2) is 18.2 Å². The third-order valence-electron chi connectivity index (χ3n) is 4.21. The Morgan fingerprint density at radius 2 is 2.39 bits per heavy atom. The van der Waals surface area contributed by atoms with Gasteiger partial charge in [0.2, 0.25) is 0 Å². The van der Waals surface area contributed by atoms with Crippen LogP contribution in [0.2, 0.25) is 0 Å². The Labute approximate surface area is 108 Å². The summed E-state index contributed by atoms with van der Waals surface area (Å²) in [5.41, 5.74) is 2.41. The predicted molar refractivity (Wildman–Crippen MR) is 69.1 cm³/mol. The highest BCUT2D eigenvalue weighted by Crippen LogP contribution is 2.32. The molecule has 0 radical (unpaired) electrons. The summed E-state index contributed by atoms with van der Waals surface area (Å²) in [5, 5.41) is 3.59. The van der Waals surface area contributed by atoms with E-state index in [9.17, 15) is 4.39 Å². The maximum absolute atomic E-state index is 13.1. The number of aryl methyl sites for hydroxylation is 1. The molecular formula is C15H20FNO. The number of hydrogen-bond acceptors (Lipinski definition) is 2. The van der Waals surface area contributed by atoms with Crippen LogP contribution < -0.4 is 5.32 Å². The normalized spacial score (nSPS) is 30.7. The van der Waals surface area contributed by atoms with Crippen molar-refractivity contribution >= 4 is 0 Å². The summed E-state index contributed by atoms with van der Waals surface area (Å²) in [4.78, 5) is 0. The first-order chi connectivity index (χ1) is 8.66. The summed E-state index contributed by atoms with van der Waals surface area (Å²) in [6.45, 7) is 3.94. The largest absolute Gasteiger partial charge is 0.374 e. The second-order valence-electron chi connectivity index (χ2n) is 5.72. The van der Waals surface area contributed by atoms with Crippen molar-refractivity contribution in [2.45, 2.75) is 44.2 Å². The molecule has 1 aliphatic carbocycles. The number of hydrogen-bond donors (Lipinski definition) is 1. The van der Waals surface area contributed by atoms with Crippen molar-refractivity contribution in [1.82, 2.24) is 5.32 Å². The molecule has 2 aliphatic rings. The average molecular weight is 249 g/mol. The van der Waals surface area contributed by atoms with Gasteiger partial charge in [-0.05, 0) is 55.9 Å². The molecule has 2 nitrogen and oxygen atoms in total. The Kier molecular flexibility index (Phi) is 3.12.